The number of nitrogens with zero attached hydrogens (tertiary/aromatic N) is 2. The Hall–Kier alpha value is -2.64. The number of carbonyl (C=O) groups is 1. The number of hydrogen-bond donors (Lipinski definition) is 1. The van der Waals surface area contributed by atoms with E-state index in [0.717, 1.165) is 43.6 Å². The fourth-order valence-electron chi connectivity index (χ4n) is 3.55. The number of carbonyl (C=O) groups excluding carboxylic acids is 1. The maximum Gasteiger partial charge on any atom is 0.223 e. The number of amides is 1. The molecule has 0 bridgehead atoms. The lowest BCUT2D eigenvalue weighted by atomic mass is 9.95. The molecule has 1 N–H and O–H groups in total. The molecule has 0 spiro atoms. The Morgan fingerprint density at radius 1 is 1.15 bits per heavy atom. The average molecular weight is 347 g/mol. The number of benzene rings is 2. The molecular weight excluding hydrogens is 322 g/mol. The molecule has 0 saturated carbocycles. The summed E-state index contributed by atoms with van der Waals surface area (Å²) in [7, 11) is 0. The van der Waals surface area contributed by atoms with Crippen molar-refractivity contribution in [1.29, 1.82) is 5.26 Å². The summed E-state index contributed by atoms with van der Waals surface area (Å²) >= 11 is 0. The van der Waals surface area contributed by atoms with Gasteiger partial charge in [0.15, 0.2) is 0 Å². The fourth-order valence-corrected chi connectivity index (χ4v) is 3.55. The Bertz CT molecular complexity index is 784. The molecule has 1 fully saturated rings. The van der Waals surface area contributed by atoms with Crippen molar-refractivity contribution in [2.45, 2.75) is 26.3 Å². The molecule has 2 aromatic rings. The van der Waals surface area contributed by atoms with Crippen LogP contribution in [0.25, 0.3) is 11.1 Å². The van der Waals surface area contributed by atoms with E-state index >= 15 is 0 Å². The second-order valence-electron chi connectivity index (χ2n) is 6.80. The van der Waals surface area contributed by atoms with Gasteiger partial charge in [-0.2, -0.15) is 5.26 Å². The van der Waals surface area contributed by atoms with E-state index in [1.54, 1.807) is 0 Å². The zero-order chi connectivity index (χ0) is 18.4. The van der Waals surface area contributed by atoms with Crippen molar-refractivity contribution in [3.63, 3.8) is 0 Å². The van der Waals surface area contributed by atoms with Crippen LogP contribution in [0.1, 0.15) is 30.9 Å². The molecule has 0 radical (unpaired) electrons. The zero-order valence-electron chi connectivity index (χ0n) is 15.2. The van der Waals surface area contributed by atoms with Crippen molar-refractivity contribution in [3.8, 4) is 17.2 Å². The van der Waals surface area contributed by atoms with Crippen molar-refractivity contribution in [3.05, 3.63) is 59.7 Å². The first kappa shape index (κ1) is 18.2. The lowest BCUT2D eigenvalue weighted by molar-refractivity contribution is -0.126. The molecule has 4 heteroatoms. The standard InChI is InChI=1S/C22H25N3O/c1-2-24-22(26)19-11-13-25(14-12-19)16-17-7-9-18(10-8-17)21-6-4-3-5-20(21)15-23/h3-10,19H,2,11-14,16H2,1H3,(H,24,26). The third-order valence-corrected chi connectivity index (χ3v) is 5.03. The highest BCUT2D eigenvalue weighted by atomic mass is 16.1. The maximum atomic E-state index is 11.9. The summed E-state index contributed by atoms with van der Waals surface area (Å²) < 4.78 is 0. The topological polar surface area (TPSA) is 56.1 Å². The monoisotopic (exact) mass is 347 g/mol. The quantitative estimate of drug-likeness (QED) is 0.899. The average Bonchev–Trinajstić information content (AvgIpc) is 2.69. The normalized spacial score (nSPS) is 15.4. The molecule has 1 heterocycles. The van der Waals surface area contributed by atoms with Crippen LogP contribution in [0.15, 0.2) is 48.5 Å². The summed E-state index contributed by atoms with van der Waals surface area (Å²) in [5.74, 6) is 0.365. The van der Waals surface area contributed by atoms with Gasteiger partial charge in [0.05, 0.1) is 11.6 Å². The van der Waals surface area contributed by atoms with Crippen LogP contribution >= 0.6 is 0 Å². The summed E-state index contributed by atoms with van der Waals surface area (Å²) in [6.45, 7) is 5.50. The number of likely N-dealkylation sites (tertiary alicyclic amines) is 1. The van der Waals surface area contributed by atoms with Crippen LogP contribution in [0.4, 0.5) is 0 Å². The minimum atomic E-state index is 0.163. The minimum absolute atomic E-state index is 0.163. The van der Waals surface area contributed by atoms with Gasteiger partial charge < -0.3 is 5.32 Å². The first-order chi connectivity index (χ1) is 12.7. The van der Waals surface area contributed by atoms with Gasteiger partial charge in [0, 0.05) is 19.0 Å². The van der Waals surface area contributed by atoms with Crippen molar-refractivity contribution in [1.82, 2.24) is 10.2 Å². The molecule has 3 rings (SSSR count). The Morgan fingerprint density at radius 3 is 2.50 bits per heavy atom. The van der Waals surface area contributed by atoms with E-state index in [9.17, 15) is 10.1 Å². The van der Waals surface area contributed by atoms with Crippen LogP contribution in [0.3, 0.4) is 0 Å². The van der Waals surface area contributed by atoms with Gasteiger partial charge in [-0.3, -0.25) is 9.69 Å². The largest absolute Gasteiger partial charge is 0.356 e. The third kappa shape index (κ3) is 4.30. The lowest BCUT2D eigenvalue weighted by Gasteiger charge is -2.31. The summed E-state index contributed by atoms with van der Waals surface area (Å²) in [5, 5.41) is 12.2. The molecule has 0 aromatic heterocycles. The van der Waals surface area contributed by atoms with E-state index in [2.05, 4.69) is 40.6 Å². The van der Waals surface area contributed by atoms with Gasteiger partial charge in [0.25, 0.3) is 0 Å². The SMILES string of the molecule is CCNC(=O)C1CCN(Cc2ccc(-c3ccccc3C#N)cc2)CC1. The van der Waals surface area contributed by atoms with Crippen LogP contribution in [-0.4, -0.2) is 30.4 Å². The van der Waals surface area contributed by atoms with Gasteiger partial charge in [0.2, 0.25) is 5.91 Å². The molecule has 1 aliphatic rings. The number of piperidine rings is 1. The lowest BCUT2D eigenvalue weighted by Crippen LogP contribution is -2.40. The van der Waals surface area contributed by atoms with E-state index in [0.29, 0.717) is 12.1 Å². The Morgan fingerprint density at radius 2 is 1.85 bits per heavy atom. The summed E-state index contributed by atoms with van der Waals surface area (Å²) in [6.07, 6.45) is 1.86. The molecule has 0 aliphatic carbocycles. The molecule has 26 heavy (non-hydrogen) atoms. The molecule has 4 nitrogen and oxygen atoms in total. The highest BCUT2D eigenvalue weighted by molar-refractivity contribution is 5.78. The van der Waals surface area contributed by atoms with Crippen molar-refractivity contribution in [2.24, 2.45) is 5.92 Å². The number of hydrogen-bond acceptors (Lipinski definition) is 3. The van der Waals surface area contributed by atoms with E-state index in [-0.39, 0.29) is 11.8 Å². The van der Waals surface area contributed by atoms with Crippen molar-refractivity contribution >= 4 is 5.91 Å². The first-order valence-electron chi connectivity index (χ1n) is 9.29. The first-order valence-corrected chi connectivity index (χ1v) is 9.29. The number of nitriles is 1. The van der Waals surface area contributed by atoms with Gasteiger partial charge in [0.1, 0.15) is 0 Å². The van der Waals surface area contributed by atoms with Gasteiger partial charge >= 0.3 is 0 Å². The highest BCUT2D eigenvalue weighted by Gasteiger charge is 2.24. The summed E-state index contributed by atoms with van der Waals surface area (Å²) in [4.78, 5) is 14.3. The second-order valence-corrected chi connectivity index (χ2v) is 6.80. The van der Waals surface area contributed by atoms with Crippen molar-refractivity contribution < 1.29 is 4.79 Å². The van der Waals surface area contributed by atoms with Crippen LogP contribution in [0, 0.1) is 17.2 Å². The smallest absolute Gasteiger partial charge is 0.223 e. The van der Waals surface area contributed by atoms with E-state index in [4.69, 9.17) is 0 Å². The van der Waals surface area contributed by atoms with Gasteiger partial charge in [-0.1, -0.05) is 42.5 Å². The number of rotatable bonds is 5. The van der Waals surface area contributed by atoms with E-state index < -0.39 is 0 Å². The summed E-state index contributed by atoms with van der Waals surface area (Å²) in [5.41, 5.74) is 4.01. The van der Waals surface area contributed by atoms with Crippen LogP contribution < -0.4 is 5.32 Å². The molecule has 1 saturated heterocycles. The van der Waals surface area contributed by atoms with E-state index in [1.165, 1.54) is 5.56 Å². The van der Waals surface area contributed by atoms with Gasteiger partial charge in [-0.05, 0) is 55.6 Å². The van der Waals surface area contributed by atoms with Gasteiger partial charge in [-0.25, -0.2) is 0 Å². The molecule has 2 aromatic carbocycles. The highest BCUT2D eigenvalue weighted by Crippen LogP contribution is 2.24. The van der Waals surface area contributed by atoms with Crippen molar-refractivity contribution in [2.75, 3.05) is 19.6 Å². The van der Waals surface area contributed by atoms with Gasteiger partial charge in [-0.15, -0.1) is 0 Å². The minimum Gasteiger partial charge on any atom is -0.356 e. The Labute approximate surface area is 155 Å². The maximum absolute atomic E-state index is 11.9. The molecule has 0 atom stereocenters. The second kappa shape index (κ2) is 8.64. The predicted octanol–water partition coefficient (Wildman–Crippen LogP) is 3.57. The predicted molar refractivity (Wildman–Crippen MR) is 103 cm³/mol. The van der Waals surface area contributed by atoms with E-state index in [1.807, 2.05) is 31.2 Å². The molecule has 0 unspecified atom stereocenters. The zero-order valence-corrected chi connectivity index (χ0v) is 15.2. The molecule has 1 amide bonds. The fraction of sp³-hybridized carbons (Fsp3) is 0.364. The van der Waals surface area contributed by atoms with Crippen LogP contribution in [-0.2, 0) is 11.3 Å². The Balaban J connectivity index is 1.59. The van der Waals surface area contributed by atoms with Crippen LogP contribution in [0.5, 0.6) is 0 Å². The number of nitrogens with one attached hydrogen (secondary N) is 1. The molecule has 1 aliphatic heterocycles. The Kier molecular flexibility index (Phi) is 6.04. The summed E-state index contributed by atoms with van der Waals surface area (Å²) in [6, 6.07) is 18.4. The van der Waals surface area contributed by atoms with Crippen LogP contribution in [0.2, 0.25) is 0 Å². The molecule has 134 valence electrons. The molecular formula is C22H25N3O. The third-order valence-electron chi connectivity index (χ3n) is 5.03.